The topological polar surface area (TPSA) is 270 Å². The van der Waals surface area contributed by atoms with E-state index in [1.54, 1.807) is 48.6 Å². The van der Waals surface area contributed by atoms with E-state index in [-0.39, 0.29) is 60.7 Å². The van der Waals surface area contributed by atoms with Crippen molar-refractivity contribution in [3.05, 3.63) is 55.6 Å². The van der Waals surface area contributed by atoms with Crippen LogP contribution < -0.4 is 16.0 Å². The maximum absolute atomic E-state index is 14.0. The number of amides is 5. The van der Waals surface area contributed by atoms with E-state index in [4.69, 9.17) is 9.90 Å². The largest absolute Gasteiger partial charge is 0.394 e. The van der Waals surface area contributed by atoms with Gasteiger partial charge in [0.25, 0.3) is 23.6 Å². The third kappa shape index (κ3) is 22.9. The van der Waals surface area contributed by atoms with Crippen molar-refractivity contribution >= 4 is 47.2 Å². The Morgan fingerprint density at radius 3 is 1.15 bits per heavy atom. The van der Waals surface area contributed by atoms with E-state index in [0.717, 1.165) is 0 Å². The molecule has 0 bridgehead atoms. The maximum atomic E-state index is 14.0. The van der Waals surface area contributed by atoms with Gasteiger partial charge in [0.05, 0.1) is 32.0 Å². The van der Waals surface area contributed by atoms with Gasteiger partial charge in [-0.25, -0.2) is 0 Å². The SMILES string of the molecule is CC.CC.CC.CC.CC.CC.CNc1c(C)c(C(=O)NCCN(C)C(=O)c2c(C)c(NC(=O)CO)c(C)c(C(=O)N(C)CC(O)CO)c2C)c(C)c(C(=O)N(C)CC(O)CO)c1C.O=CCO. The van der Waals surface area contributed by atoms with Crippen molar-refractivity contribution in [3.8, 4) is 0 Å². The van der Waals surface area contributed by atoms with Gasteiger partial charge in [0.15, 0.2) is 0 Å². The molecule has 0 heterocycles. The van der Waals surface area contributed by atoms with Crippen LogP contribution in [-0.4, -0.2) is 174 Å². The second kappa shape index (κ2) is 43.3. The number of nitrogens with zero attached hydrogens (tertiary/aromatic N) is 3. The molecule has 0 aliphatic carbocycles. The molecule has 2 atom stereocenters. The monoisotopic (exact) mass is 971 g/mol. The van der Waals surface area contributed by atoms with Crippen LogP contribution in [0.1, 0.15) is 158 Å². The molecule has 0 spiro atoms. The fourth-order valence-corrected chi connectivity index (χ4v) is 6.50. The molecule has 396 valence electrons. The highest BCUT2D eigenvalue weighted by molar-refractivity contribution is 6.08. The Kier molecular flexibility index (Phi) is 47.5. The molecule has 2 unspecified atom stereocenters. The van der Waals surface area contributed by atoms with Crippen LogP contribution in [0.5, 0.6) is 0 Å². The number of nitrogens with one attached hydrogen (secondary N) is 3. The standard InChI is InChI=1S/C36H54N6O10.C2H4O2.6C2H6/c1-18-27(20(3)31(37-7)21(4)28(18)35(51)41(9)13-24(46)15-43)33(49)38-11-12-40(8)34(50)29-19(2)30(36(52)42(10)14-25(47)16-44)23(6)32(22(29)5)39-26(48)17-45;3-1-2-4;6*1-2/h24-25,37,43-47H,11-17H2,1-10H3,(H,38,49)(H,39,48);1,4H,2H2;6*1-2H3. The molecule has 5 amide bonds. The quantitative estimate of drug-likeness (QED) is 0.0925. The summed E-state index contributed by atoms with van der Waals surface area (Å²) < 4.78 is 0. The smallest absolute Gasteiger partial charge is 0.254 e. The molecule has 0 aromatic heterocycles. The van der Waals surface area contributed by atoms with Gasteiger partial charge in [0.1, 0.15) is 12.9 Å². The number of carbonyl (C=O) groups is 6. The maximum Gasteiger partial charge on any atom is 0.254 e. The average molecular weight is 971 g/mol. The second-order valence-corrected chi connectivity index (χ2v) is 13.3. The summed E-state index contributed by atoms with van der Waals surface area (Å²) in [5.41, 5.74) is 4.15. The van der Waals surface area contributed by atoms with Gasteiger partial charge in [-0.15, -0.1) is 0 Å². The molecule has 0 aliphatic heterocycles. The number of carbonyl (C=O) groups excluding carboxylic acids is 6. The Bertz CT molecular complexity index is 1770. The summed E-state index contributed by atoms with van der Waals surface area (Å²) in [6.45, 7) is 31.4. The highest BCUT2D eigenvalue weighted by Crippen LogP contribution is 2.34. The third-order valence-corrected chi connectivity index (χ3v) is 9.26. The highest BCUT2D eigenvalue weighted by Gasteiger charge is 2.30. The first-order valence-electron chi connectivity index (χ1n) is 23.7. The Labute approximate surface area is 409 Å². The summed E-state index contributed by atoms with van der Waals surface area (Å²) in [6, 6.07) is 0. The van der Waals surface area contributed by atoms with E-state index in [1.807, 2.05) is 83.1 Å². The number of aliphatic hydroxyl groups is 6. The fraction of sp³-hybridized carbons (Fsp3) is 0.640. The average Bonchev–Trinajstić information content (AvgIpc) is 3.36. The lowest BCUT2D eigenvalue weighted by Crippen LogP contribution is -2.39. The van der Waals surface area contributed by atoms with Crippen molar-refractivity contribution in [2.24, 2.45) is 0 Å². The molecule has 0 saturated carbocycles. The van der Waals surface area contributed by atoms with Gasteiger partial charge in [-0.2, -0.15) is 0 Å². The number of hydrogen-bond acceptors (Lipinski definition) is 13. The van der Waals surface area contributed by atoms with Crippen LogP contribution in [0, 0.1) is 41.5 Å². The van der Waals surface area contributed by atoms with Gasteiger partial charge < -0.3 is 66.1 Å². The van der Waals surface area contributed by atoms with Gasteiger partial charge in [0.2, 0.25) is 5.91 Å². The summed E-state index contributed by atoms with van der Waals surface area (Å²) in [5.74, 6) is -2.77. The Hall–Kier alpha value is -4.98. The van der Waals surface area contributed by atoms with Crippen molar-refractivity contribution in [2.75, 3.05) is 91.4 Å². The first-order chi connectivity index (χ1) is 32.2. The molecule has 18 nitrogen and oxygen atoms in total. The molecule has 0 radical (unpaired) electrons. The van der Waals surface area contributed by atoms with Crippen LogP contribution in [0.4, 0.5) is 11.4 Å². The lowest BCUT2D eigenvalue weighted by Gasteiger charge is -2.27. The summed E-state index contributed by atoms with van der Waals surface area (Å²) in [5, 5.41) is 63.7. The molecule has 0 aliphatic rings. The number of likely N-dealkylation sites (N-methyl/N-ethyl adjacent to an activating group) is 3. The van der Waals surface area contributed by atoms with Crippen molar-refractivity contribution < 1.29 is 59.4 Å². The number of hydrogen-bond donors (Lipinski definition) is 9. The minimum atomic E-state index is -1.20. The van der Waals surface area contributed by atoms with Crippen molar-refractivity contribution in [3.63, 3.8) is 0 Å². The number of benzene rings is 2. The summed E-state index contributed by atoms with van der Waals surface area (Å²) in [4.78, 5) is 79.8. The van der Waals surface area contributed by atoms with Gasteiger partial charge in [-0.05, 0) is 74.9 Å². The molecule has 18 heteroatoms. The van der Waals surface area contributed by atoms with Gasteiger partial charge >= 0.3 is 0 Å². The Morgan fingerprint density at radius 2 is 0.838 bits per heavy atom. The van der Waals surface area contributed by atoms with E-state index in [2.05, 4.69) is 16.0 Å². The van der Waals surface area contributed by atoms with Crippen LogP contribution in [-0.2, 0) is 9.59 Å². The van der Waals surface area contributed by atoms with Crippen LogP contribution in [0.3, 0.4) is 0 Å². The predicted octanol–water partition coefficient (Wildman–Crippen LogP) is 5.20. The minimum Gasteiger partial charge on any atom is -0.394 e. The molecule has 2 aromatic carbocycles. The molecule has 68 heavy (non-hydrogen) atoms. The fourth-order valence-electron chi connectivity index (χ4n) is 6.50. The van der Waals surface area contributed by atoms with Crippen LogP contribution in [0.25, 0.3) is 0 Å². The highest BCUT2D eigenvalue weighted by atomic mass is 16.3. The third-order valence-electron chi connectivity index (χ3n) is 9.26. The predicted molar refractivity (Wildman–Crippen MR) is 277 cm³/mol. The van der Waals surface area contributed by atoms with E-state index in [0.29, 0.717) is 45.4 Å². The molecule has 9 N–H and O–H groups in total. The van der Waals surface area contributed by atoms with E-state index < -0.39 is 61.6 Å². The Balaban J connectivity index is -0.000000535. The van der Waals surface area contributed by atoms with Crippen molar-refractivity contribution in [2.45, 2.75) is 137 Å². The van der Waals surface area contributed by atoms with Gasteiger partial charge in [-0.1, -0.05) is 83.1 Å². The Morgan fingerprint density at radius 1 is 0.529 bits per heavy atom. The van der Waals surface area contributed by atoms with E-state index in [1.165, 1.54) is 35.8 Å². The van der Waals surface area contributed by atoms with Crippen LogP contribution >= 0.6 is 0 Å². The zero-order valence-electron chi connectivity index (χ0n) is 45.9. The minimum absolute atomic E-state index is 0.000226. The van der Waals surface area contributed by atoms with Crippen LogP contribution in [0.2, 0.25) is 0 Å². The summed E-state index contributed by atoms with van der Waals surface area (Å²) in [7, 11) is 6.11. The van der Waals surface area contributed by atoms with Gasteiger partial charge in [0, 0.05) is 88.0 Å². The normalized spacial score (nSPS) is 10.2. The molecular weight excluding hydrogens is 877 g/mol. The molecule has 0 saturated heterocycles. The number of aliphatic hydroxyl groups excluding tert-OH is 6. The van der Waals surface area contributed by atoms with Crippen molar-refractivity contribution in [1.29, 1.82) is 0 Å². The van der Waals surface area contributed by atoms with E-state index >= 15 is 0 Å². The number of rotatable bonds is 17. The molecule has 2 aromatic rings. The summed E-state index contributed by atoms with van der Waals surface area (Å²) in [6.07, 6.45) is -1.91. The molecular formula is C50H94N6O12. The second-order valence-electron chi connectivity index (χ2n) is 13.3. The lowest BCUT2D eigenvalue weighted by molar-refractivity contribution is -0.118. The molecule has 2 rings (SSSR count). The van der Waals surface area contributed by atoms with E-state index in [9.17, 15) is 49.5 Å². The first kappa shape index (κ1) is 74.6. The molecule has 0 fully saturated rings. The van der Waals surface area contributed by atoms with Crippen molar-refractivity contribution in [1.82, 2.24) is 20.0 Å². The number of anilines is 2. The summed E-state index contributed by atoms with van der Waals surface area (Å²) >= 11 is 0. The first-order valence-corrected chi connectivity index (χ1v) is 23.7. The lowest BCUT2D eigenvalue weighted by atomic mass is 9.89. The zero-order valence-corrected chi connectivity index (χ0v) is 45.9. The number of aldehydes is 1. The van der Waals surface area contributed by atoms with Gasteiger partial charge in [-0.3, -0.25) is 24.0 Å². The zero-order chi connectivity index (χ0) is 55.2. The van der Waals surface area contributed by atoms with Crippen LogP contribution in [0.15, 0.2) is 0 Å².